The van der Waals surface area contributed by atoms with Gasteiger partial charge < -0.3 is 5.32 Å². The molecule has 5 heteroatoms. The molecule has 0 amide bonds. The third-order valence-corrected chi connectivity index (χ3v) is 6.30. The Morgan fingerprint density at radius 2 is 1.86 bits per heavy atom. The highest BCUT2D eigenvalue weighted by Gasteiger charge is 2.32. The molecular formula is C16H26N2O2S. The molecule has 21 heavy (non-hydrogen) atoms. The van der Waals surface area contributed by atoms with Gasteiger partial charge in [-0.3, -0.25) is 0 Å². The fourth-order valence-corrected chi connectivity index (χ4v) is 4.16. The average Bonchev–Trinajstić information content (AvgIpc) is 2.41. The molecule has 0 radical (unpaired) electrons. The lowest BCUT2D eigenvalue weighted by atomic mass is 9.83. The topological polar surface area (TPSA) is 49.4 Å². The number of hydrogen-bond donors (Lipinski definition) is 1. The minimum Gasteiger partial charge on any atom is -0.316 e. The number of nitrogens with one attached hydrogen (secondary N) is 1. The Morgan fingerprint density at radius 3 is 2.43 bits per heavy atom. The lowest BCUT2D eigenvalue weighted by molar-refractivity contribution is 0.196. The van der Waals surface area contributed by atoms with Gasteiger partial charge >= 0.3 is 0 Å². The van der Waals surface area contributed by atoms with E-state index in [9.17, 15) is 8.42 Å². The second-order valence-electron chi connectivity index (χ2n) is 6.69. The van der Waals surface area contributed by atoms with Crippen LogP contribution >= 0.6 is 0 Å². The first-order valence-corrected chi connectivity index (χ1v) is 8.94. The highest BCUT2D eigenvalue weighted by Crippen LogP contribution is 2.32. The van der Waals surface area contributed by atoms with Gasteiger partial charge in [-0.2, -0.15) is 4.31 Å². The van der Waals surface area contributed by atoms with E-state index in [1.165, 1.54) is 0 Å². The van der Waals surface area contributed by atoms with Crippen LogP contribution in [0.25, 0.3) is 0 Å². The van der Waals surface area contributed by atoms with Crippen molar-refractivity contribution in [1.82, 2.24) is 9.62 Å². The first-order valence-electron chi connectivity index (χ1n) is 7.50. The summed E-state index contributed by atoms with van der Waals surface area (Å²) in [7, 11) is -1.50. The minimum absolute atomic E-state index is 0.247. The third kappa shape index (κ3) is 3.65. The molecule has 4 nitrogen and oxygen atoms in total. The zero-order valence-electron chi connectivity index (χ0n) is 13.4. The SMILES string of the molecule is CNCc1cc(S(=O)(=O)N2CCC(C)(C)CC2)ccc1C. The summed E-state index contributed by atoms with van der Waals surface area (Å²) in [5.74, 6) is 0. The number of aryl methyl sites for hydroxylation is 1. The van der Waals surface area contributed by atoms with Crippen molar-refractivity contribution in [3.05, 3.63) is 29.3 Å². The lowest BCUT2D eigenvalue weighted by Crippen LogP contribution is -2.41. The smallest absolute Gasteiger partial charge is 0.243 e. The van der Waals surface area contributed by atoms with Gasteiger partial charge in [0.15, 0.2) is 0 Å². The Balaban J connectivity index is 2.26. The fraction of sp³-hybridized carbons (Fsp3) is 0.625. The second-order valence-corrected chi connectivity index (χ2v) is 8.62. The Morgan fingerprint density at radius 1 is 1.24 bits per heavy atom. The van der Waals surface area contributed by atoms with Crippen LogP contribution in [0.4, 0.5) is 0 Å². The zero-order chi connectivity index (χ0) is 15.7. The molecular weight excluding hydrogens is 284 g/mol. The number of piperidine rings is 1. The molecule has 0 aromatic heterocycles. The van der Waals surface area contributed by atoms with Gasteiger partial charge in [-0.25, -0.2) is 8.42 Å². The molecule has 1 aliphatic heterocycles. The summed E-state index contributed by atoms with van der Waals surface area (Å²) in [5.41, 5.74) is 2.40. The minimum atomic E-state index is -3.36. The molecule has 0 bridgehead atoms. The predicted molar refractivity (Wildman–Crippen MR) is 85.7 cm³/mol. The van der Waals surface area contributed by atoms with Gasteiger partial charge in [-0.15, -0.1) is 0 Å². The van der Waals surface area contributed by atoms with Crippen LogP contribution in [0.2, 0.25) is 0 Å². The van der Waals surface area contributed by atoms with Crippen LogP contribution in [0.3, 0.4) is 0 Å². The molecule has 1 aromatic rings. The quantitative estimate of drug-likeness (QED) is 0.929. The van der Waals surface area contributed by atoms with Crippen LogP contribution in [0.15, 0.2) is 23.1 Å². The Kier molecular flexibility index (Phi) is 4.76. The number of rotatable bonds is 4. The highest BCUT2D eigenvalue weighted by molar-refractivity contribution is 7.89. The van der Waals surface area contributed by atoms with E-state index in [-0.39, 0.29) is 5.41 Å². The summed E-state index contributed by atoms with van der Waals surface area (Å²) < 4.78 is 27.2. The number of benzene rings is 1. The van der Waals surface area contributed by atoms with E-state index in [2.05, 4.69) is 19.2 Å². The van der Waals surface area contributed by atoms with Crippen molar-refractivity contribution in [3.63, 3.8) is 0 Å². The summed E-state index contributed by atoms with van der Waals surface area (Å²) in [4.78, 5) is 0.415. The Hall–Kier alpha value is -0.910. The van der Waals surface area contributed by atoms with Crippen LogP contribution in [0.1, 0.15) is 37.8 Å². The first-order chi connectivity index (χ1) is 9.76. The molecule has 1 heterocycles. The molecule has 0 unspecified atom stereocenters. The maximum Gasteiger partial charge on any atom is 0.243 e. The van der Waals surface area contributed by atoms with Crippen LogP contribution in [0.5, 0.6) is 0 Å². The summed E-state index contributed by atoms with van der Waals surface area (Å²) in [6, 6.07) is 5.43. The second kappa shape index (κ2) is 6.07. The molecule has 0 spiro atoms. The molecule has 2 rings (SSSR count). The number of sulfonamides is 1. The summed E-state index contributed by atoms with van der Waals surface area (Å²) in [6.07, 6.45) is 1.84. The van der Waals surface area contributed by atoms with Gasteiger partial charge in [-0.1, -0.05) is 19.9 Å². The van der Waals surface area contributed by atoms with E-state index in [4.69, 9.17) is 0 Å². The van der Waals surface area contributed by atoms with Gasteiger partial charge in [0.2, 0.25) is 10.0 Å². The van der Waals surface area contributed by atoms with Crippen LogP contribution < -0.4 is 5.32 Å². The monoisotopic (exact) mass is 310 g/mol. The molecule has 0 aliphatic carbocycles. The fourth-order valence-electron chi connectivity index (χ4n) is 2.67. The van der Waals surface area contributed by atoms with Gasteiger partial charge in [0.25, 0.3) is 0 Å². The standard InChI is InChI=1S/C16H26N2O2S/c1-13-5-6-15(11-14(13)12-17-4)21(19,20)18-9-7-16(2,3)8-10-18/h5-6,11,17H,7-10,12H2,1-4H3. The molecule has 1 fully saturated rings. The lowest BCUT2D eigenvalue weighted by Gasteiger charge is -2.36. The van der Waals surface area contributed by atoms with Crippen LogP contribution in [-0.2, 0) is 16.6 Å². The third-order valence-electron chi connectivity index (χ3n) is 4.40. The Labute approximate surface area is 128 Å². The molecule has 1 N–H and O–H groups in total. The summed E-state index contributed by atoms with van der Waals surface area (Å²) in [5, 5.41) is 3.09. The number of hydrogen-bond acceptors (Lipinski definition) is 3. The zero-order valence-corrected chi connectivity index (χ0v) is 14.3. The normalized spacial score (nSPS) is 19.6. The van der Waals surface area contributed by atoms with Gasteiger partial charge in [0, 0.05) is 19.6 Å². The predicted octanol–water partition coefficient (Wildman–Crippen LogP) is 2.53. The number of nitrogens with zero attached hydrogens (tertiary/aromatic N) is 1. The van der Waals surface area contributed by atoms with E-state index in [0.717, 1.165) is 24.0 Å². The first kappa shape index (κ1) is 16.5. The molecule has 1 saturated heterocycles. The van der Waals surface area contributed by atoms with Crippen LogP contribution in [-0.4, -0.2) is 32.9 Å². The van der Waals surface area contributed by atoms with Gasteiger partial charge in [-0.05, 0) is 55.5 Å². The summed E-state index contributed by atoms with van der Waals surface area (Å²) in [6.45, 7) is 8.32. The van der Waals surface area contributed by atoms with Crippen molar-refractivity contribution in [1.29, 1.82) is 0 Å². The van der Waals surface area contributed by atoms with Crippen molar-refractivity contribution in [2.24, 2.45) is 5.41 Å². The van der Waals surface area contributed by atoms with Crippen molar-refractivity contribution in [3.8, 4) is 0 Å². The molecule has 0 saturated carbocycles. The van der Waals surface area contributed by atoms with Gasteiger partial charge in [0.1, 0.15) is 0 Å². The van der Waals surface area contributed by atoms with Crippen molar-refractivity contribution >= 4 is 10.0 Å². The van der Waals surface area contributed by atoms with E-state index < -0.39 is 10.0 Å². The van der Waals surface area contributed by atoms with Gasteiger partial charge in [0.05, 0.1) is 4.90 Å². The highest BCUT2D eigenvalue weighted by atomic mass is 32.2. The van der Waals surface area contributed by atoms with E-state index in [1.54, 1.807) is 16.4 Å². The van der Waals surface area contributed by atoms with Crippen molar-refractivity contribution in [2.45, 2.75) is 45.1 Å². The molecule has 118 valence electrons. The van der Waals surface area contributed by atoms with E-state index in [0.29, 0.717) is 24.5 Å². The molecule has 1 aliphatic rings. The summed E-state index contributed by atoms with van der Waals surface area (Å²) >= 11 is 0. The molecule has 0 atom stereocenters. The largest absolute Gasteiger partial charge is 0.316 e. The van der Waals surface area contributed by atoms with Crippen molar-refractivity contribution < 1.29 is 8.42 Å². The van der Waals surface area contributed by atoms with Crippen LogP contribution in [0, 0.1) is 12.3 Å². The Bertz CT molecular complexity index is 599. The molecule has 1 aromatic carbocycles. The van der Waals surface area contributed by atoms with E-state index >= 15 is 0 Å². The maximum atomic E-state index is 12.8. The maximum absolute atomic E-state index is 12.8. The van der Waals surface area contributed by atoms with Crippen molar-refractivity contribution in [2.75, 3.05) is 20.1 Å². The van der Waals surface area contributed by atoms with E-state index in [1.807, 2.05) is 20.0 Å². The average molecular weight is 310 g/mol.